The van der Waals surface area contributed by atoms with E-state index in [0.29, 0.717) is 12.8 Å². The molecular weight excluding hydrogens is 254 g/mol. The number of aromatic nitrogens is 1. The molecule has 0 aliphatic heterocycles. The van der Waals surface area contributed by atoms with Crippen LogP contribution in [0.5, 0.6) is 5.75 Å². The summed E-state index contributed by atoms with van der Waals surface area (Å²) in [5, 5.41) is 0.962. The zero-order valence-corrected chi connectivity index (χ0v) is 11.1. The normalized spacial score (nSPS) is 25.8. The Bertz CT molecular complexity index is 653. The van der Waals surface area contributed by atoms with Crippen LogP contribution in [0.25, 0.3) is 10.9 Å². The quantitative estimate of drug-likeness (QED) is 0.881. The predicted molar refractivity (Wildman–Crippen MR) is 76.1 cm³/mol. The minimum absolute atomic E-state index is 0.0849. The van der Waals surface area contributed by atoms with Crippen molar-refractivity contribution in [3.63, 3.8) is 0 Å². The molecule has 1 aromatic heterocycles. The van der Waals surface area contributed by atoms with Crippen molar-refractivity contribution < 1.29 is 9.53 Å². The van der Waals surface area contributed by atoms with Gasteiger partial charge in [-0.2, -0.15) is 0 Å². The molecule has 2 atom stereocenters. The summed E-state index contributed by atoms with van der Waals surface area (Å²) in [5.41, 5.74) is 11.3. The van der Waals surface area contributed by atoms with E-state index in [2.05, 4.69) is 4.98 Å². The number of benzene rings is 1. The van der Waals surface area contributed by atoms with E-state index in [9.17, 15) is 4.79 Å². The fourth-order valence-corrected chi connectivity index (χ4v) is 2.71. The molecule has 1 fully saturated rings. The van der Waals surface area contributed by atoms with Crippen molar-refractivity contribution in [2.24, 2.45) is 11.5 Å². The average Bonchev–Trinajstić information content (AvgIpc) is 2.82. The van der Waals surface area contributed by atoms with Gasteiger partial charge in [0.25, 0.3) is 0 Å². The maximum atomic E-state index is 11.4. The Kier molecular flexibility index (Phi) is 3.06. The predicted octanol–water partition coefficient (Wildman–Crippen LogP) is 1.35. The summed E-state index contributed by atoms with van der Waals surface area (Å²) in [7, 11) is 0. The van der Waals surface area contributed by atoms with E-state index in [1.165, 1.54) is 0 Å². The molecule has 1 amide bonds. The van der Waals surface area contributed by atoms with Crippen molar-refractivity contribution in [3.8, 4) is 5.75 Å². The van der Waals surface area contributed by atoms with Crippen LogP contribution >= 0.6 is 0 Å². The molecule has 1 aromatic carbocycles. The van der Waals surface area contributed by atoms with Gasteiger partial charge in [-0.3, -0.25) is 9.78 Å². The van der Waals surface area contributed by atoms with E-state index in [-0.39, 0.29) is 6.10 Å². The second kappa shape index (κ2) is 4.76. The molecule has 5 nitrogen and oxygen atoms in total. The number of carbonyl (C=O) groups is 1. The number of pyridine rings is 1. The van der Waals surface area contributed by atoms with E-state index in [1.807, 2.05) is 30.3 Å². The third kappa shape index (κ3) is 2.20. The van der Waals surface area contributed by atoms with Crippen molar-refractivity contribution in [2.45, 2.75) is 30.9 Å². The highest BCUT2D eigenvalue weighted by molar-refractivity contribution is 5.85. The van der Waals surface area contributed by atoms with Gasteiger partial charge in [0, 0.05) is 18.0 Å². The van der Waals surface area contributed by atoms with Crippen molar-refractivity contribution in [2.75, 3.05) is 0 Å². The third-order valence-corrected chi connectivity index (χ3v) is 3.89. The van der Waals surface area contributed by atoms with Crippen molar-refractivity contribution in [1.82, 2.24) is 4.98 Å². The molecule has 2 unspecified atom stereocenters. The van der Waals surface area contributed by atoms with Gasteiger partial charge in [0.05, 0.1) is 11.1 Å². The summed E-state index contributed by atoms with van der Waals surface area (Å²) < 4.78 is 6.01. The first-order valence-corrected chi connectivity index (χ1v) is 6.68. The van der Waals surface area contributed by atoms with E-state index in [4.69, 9.17) is 16.2 Å². The summed E-state index contributed by atoms with van der Waals surface area (Å²) >= 11 is 0. The SMILES string of the molecule is NC(=O)C1(N)CCC(Oc2cccc3ncccc23)C1. The van der Waals surface area contributed by atoms with Gasteiger partial charge in [0.2, 0.25) is 5.91 Å². The van der Waals surface area contributed by atoms with E-state index in [0.717, 1.165) is 23.1 Å². The lowest BCUT2D eigenvalue weighted by atomic mass is 9.99. The molecule has 0 bridgehead atoms. The molecule has 0 saturated heterocycles. The van der Waals surface area contributed by atoms with Crippen LogP contribution in [0.3, 0.4) is 0 Å². The maximum Gasteiger partial charge on any atom is 0.237 e. The third-order valence-electron chi connectivity index (χ3n) is 3.89. The molecule has 20 heavy (non-hydrogen) atoms. The van der Waals surface area contributed by atoms with Crippen LogP contribution in [0.2, 0.25) is 0 Å². The Labute approximate surface area is 116 Å². The molecule has 0 spiro atoms. The molecule has 1 heterocycles. The molecule has 1 saturated carbocycles. The number of nitrogens with zero attached hydrogens (tertiary/aromatic N) is 1. The first-order chi connectivity index (χ1) is 9.58. The highest BCUT2D eigenvalue weighted by Gasteiger charge is 2.41. The highest BCUT2D eigenvalue weighted by Crippen LogP contribution is 2.33. The lowest BCUT2D eigenvalue weighted by Crippen LogP contribution is -2.50. The molecule has 5 heteroatoms. The zero-order valence-electron chi connectivity index (χ0n) is 11.1. The summed E-state index contributed by atoms with van der Waals surface area (Å²) in [5.74, 6) is 0.317. The minimum atomic E-state index is -0.937. The van der Waals surface area contributed by atoms with Crippen LogP contribution in [0.15, 0.2) is 36.5 Å². The van der Waals surface area contributed by atoms with Crippen LogP contribution in [-0.2, 0) is 4.79 Å². The average molecular weight is 271 g/mol. The van der Waals surface area contributed by atoms with Gasteiger partial charge in [-0.05, 0) is 37.1 Å². The summed E-state index contributed by atoms with van der Waals surface area (Å²) in [6.07, 6.45) is 3.42. The van der Waals surface area contributed by atoms with E-state index >= 15 is 0 Å². The second-order valence-electron chi connectivity index (χ2n) is 5.33. The van der Waals surface area contributed by atoms with Crippen molar-refractivity contribution >= 4 is 16.8 Å². The lowest BCUT2D eigenvalue weighted by molar-refractivity contribution is -0.123. The first kappa shape index (κ1) is 12.9. The zero-order chi connectivity index (χ0) is 14.2. The monoisotopic (exact) mass is 271 g/mol. The molecular formula is C15H17N3O2. The summed E-state index contributed by atoms with van der Waals surface area (Å²) in [6.45, 7) is 0. The molecule has 4 N–H and O–H groups in total. The summed E-state index contributed by atoms with van der Waals surface area (Å²) in [6, 6.07) is 9.60. The smallest absolute Gasteiger partial charge is 0.237 e. The number of amides is 1. The number of ether oxygens (including phenoxy) is 1. The molecule has 1 aliphatic carbocycles. The van der Waals surface area contributed by atoms with Gasteiger partial charge >= 0.3 is 0 Å². The maximum absolute atomic E-state index is 11.4. The largest absolute Gasteiger partial charge is 0.490 e. The van der Waals surface area contributed by atoms with Gasteiger partial charge in [-0.1, -0.05) is 6.07 Å². The molecule has 0 radical (unpaired) electrons. The number of fused-ring (bicyclic) bond motifs is 1. The van der Waals surface area contributed by atoms with Gasteiger partial charge in [-0.15, -0.1) is 0 Å². The van der Waals surface area contributed by atoms with E-state index in [1.54, 1.807) is 6.20 Å². The Morgan fingerprint density at radius 1 is 1.35 bits per heavy atom. The van der Waals surface area contributed by atoms with Gasteiger partial charge in [-0.25, -0.2) is 0 Å². The lowest BCUT2D eigenvalue weighted by Gasteiger charge is -2.20. The van der Waals surface area contributed by atoms with Gasteiger partial charge in [0.1, 0.15) is 11.9 Å². The Hall–Kier alpha value is -2.14. The van der Waals surface area contributed by atoms with Gasteiger partial charge < -0.3 is 16.2 Å². The number of primary amides is 1. The molecule has 104 valence electrons. The molecule has 3 rings (SSSR count). The fourth-order valence-electron chi connectivity index (χ4n) is 2.71. The first-order valence-electron chi connectivity index (χ1n) is 6.68. The standard InChI is InChI=1S/C15H17N3O2/c16-14(19)15(17)7-6-10(9-15)20-13-5-1-4-12-11(13)3-2-8-18-12/h1-5,8,10H,6-7,9,17H2,(H2,16,19). The Balaban J connectivity index is 1.83. The van der Waals surface area contributed by atoms with Crippen LogP contribution < -0.4 is 16.2 Å². The number of nitrogens with two attached hydrogens (primary N) is 2. The number of hydrogen-bond donors (Lipinski definition) is 2. The van der Waals surface area contributed by atoms with Crippen molar-refractivity contribution in [1.29, 1.82) is 0 Å². The Morgan fingerprint density at radius 2 is 2.20 bits per heavy atom. The molecule has 1 aliphatic rings. The minimum Gasteiger partial charge on any atom is -0.490 e. The van der Waals surface area contributed by atoms with Crippen LogP contribution in [0, 0.1) is 0 Å². The summed E-state index contributed by atoms with van der Waals surface area (Å²) in [4.78, 5) is 15.7. The van der Waals surface area contributed by atoms with Crippen LogP contribution in [0.4, 0.5) is 0 Å². The topological polar surface area (TPSA) is 91.2 Å². The van der Waals surface area contributed by atoms with Crippen LogP contribution in [-0.4, -0.2) is 22.5 Å². The second-order valence-corrected chi connectivity index (χ2v) is 5.33. The number of hydrogen-bond acceptors (Lipinski definition) is 4. The van der Waals surface area contributed by atoms with Crippen LogP contribution in [0.1, 0.15) is 19.3 Å². The van der Waals surface area contributed by atoms with Crippen molar-refractivity contribution in [3.05, 3.63) is 36.5 Å². The van der Waals surface area contributed by atoms with Gasteiger partial charge in [0.15, 0.2) is 0 Å². The number of rotatable bonds is 3. The fraction of sp³-hybridized carbons (Fsp3) is 0.333. The van der Waals surface area contributed by atoms with E-state index < -0.39 is 11.4 Å². The Morgan fingerprint density at radius 3 is 2.95 bits per heavy atom. The highest BCUT2D eigenvalue weighted by atomic mass is 16.5. The number of carbonyl (C=O) groups excluding carboxylic acids is 1. The molecule has 2 aromatic rings.